The van der Waals surface area contributed by atoms with Crippen LogP contribution in [0.3, 0.4) is 0 Å². The number of aromatic nitrogens is 2. The van der Waals surface area contributed by atoms with E-state index in [1.54, 1.807) is 0 Å². The van der Waals surface area contributed by atoms with E-state index in [1.165, 1.54) is 33.3 Å². The molecule has 3 nitrogen and oxygen atoms in total. The summed E-state index contributed by atoms with van der Waals surface area (Å²) in [4.78, 5) is 7.91. The number of H-pyrrole nitrogens is 1. The molecule has 0 aliphatic heterocycles. The molecule has 0 spiro atoms. The van der Waals surface area contributed by atoms with Crippen molar-refractivity contribution in [1.82, 2.24) is 9.97 Å². The van der Waals surface area contributed by atoms with Gasteiger partial charge >= 0.3 is 0 Å². The minimum absolute atomic E-state index is 0.736. The van der Waals surface area contributed by atoms with Crippen LogP contribution in [-0.4, -0.2) is 16.5 Å². The Labute approximate surface area is 153 Å². The summed E-state index contributed by atoms with van der Waals surface area (Å²) in [5, 5.41) is 1.29. The number of aryl methyl sites for hydroxylation is 1. The number of hydrogen-bond acceptors (Lipinski definition) is 2. The summed E-state index contributed by atoms with van der Waals surface area (Å²) in [6.07, 6.45) is 6.88. The molecule has 0 radical (unpaired) electrons. The first-order valence-corrected chi connectivity index (χ1v) is 9.17. The van der Waals surface area contributed by atoms with Gasteiger partial charge in [0.2, 0.25) is 0 Å². The van der Waals surface area contributed by atoms with Gasteiger partial charge in [0, 0.05) is 28.9 Å². The highest BCUT2D eigenvalue weighted by Gasteiger charge is 2.14. The summed E-state index contributed by atoms with van der Waals surface area (Å²) in [5.41, 5.74) is 13.0. The molecule has 0 saturated carbocycles. The van der Waals surface area contributed by atoms with Crippen molar-refractivity contribution in [3.05, 3.63) is 78.6 Å². The van der Waals surface area contributed by atoms with Crippen LogP contribution in [0.15, 0.2) is 73.1 Å². The Balaban J connectivity index is 1.84. The fraction of sp³-hybridized carbons (Fsp3) is 0.174. The normalized spacial score (nSPS) is 11.1. The van der Waals surface area contributed by atoms with E-state index in [-0.39, 0.29) is 0 Å². The van der Waals surface area contributed by atoms with Crippen LogP contribution in [0.25, 0.3) is 33.3 Å². The molecule has 0 atom stereocenters. The van der Waals surface area contributed by atoms with Gasteiger partial charge in [0.05, 0.1) is 5.69 Å². The van der Waals surface area contributed by atoms with Crippen LogP contribution in [0.5, 0.6) is 0 Å². The number of rotatable bonds is 6. The zero-order chi connectivity index (χ0) is 17.8. The second-order valence-electron chi connectivity index (χ2n) is 6.59. The van der Waals surface area contributed by atoms with Gasteiger partial charge in [0.15, 0.2) is 0 Å². The number of aromatic amines is 1. The molecule has 0 amide bonds. The van der Waals surface area contributed by atoms with Crippen molar-refractivity contribution in [2.45, 2.75) is 19.3 Å². The Morgan fingerprint density at radius 2 is 1.69 bits per heavy atom. The number of hydrogen-bond donors (Lipinski definition) is 2. The van der Waals surface area contributed by atoms with Crippen LogP contribution in [-0.2, 0) is 6.42 Å². The lowest BCUT2D eigenvalue weighted by atomic mass is 9.98. The monoisotopic (exact) mass is 341 g/mol. The Morgan fingerprint density at radius 1 is 0.846 bits per heavy atom. The molecule has 0 unspecified atom stereocenters. The minimum atomic E-state index is 0.736. The number of nitrogens with zero attached hydrogens (tertiary/aromatic N) is 1. The fourth-order valence-electron chi connectivity index (χ4n) is 3.52. The minimum Gasteiger partial charge on any atom is -0.354 e. The summed E-state index contributed by atoms with van der Waals surface area (Å²) in [6.45, 7) is 0.736. The summed E-state index contributed by atoms with van der Waals surface area (Å²) in [5.74, 6) is 0. The van der Waals surface area contributed by atoms with E-state index in [9.17, 15) is 0 Å². The van der Waals surface area contributed by atoms with Crippen LogP contribution in [0.2, 0.25) is 0 Å². The van der Waals surface area contributed by atoms with Crippen molar-refractivity contribution < 1.29 is 0 Å². The molecular formula is C23H23N3. The fourth-order valence-corrected chi connectivity index (χ4v) is 3.52. The molecule has 2 heterocycles. The Hall–Kier alpha value is -2.91. The average molecular weight is 341 g/mol. The van der Waals surface area contributed by atoms with Gasteiger partial charge in [-0.25, -0.2) is 0 Å². The summed E-state index contributed by atoms with van der Waals surface area (Å²) < 4.78 is 0. The quantitative estimate of drug-likeness (QED) is 0.475. The summed E-state index contributed by atoms with van der Waals surface area (Å²) in [7, 11) is 0. The Bertz CT molecular complexity index is 988. The molecular weight excluding hydrogens is 318 g/mol. The predicted octanol–water partition coefficient (Wildman–Crippen LogP) is 5.18. The Kier molecular flexibility index (Phi) is 4.80. The lowest BCUT2D eigenvalue weighted by Crippen LogP contribution is -1.99. The third-order valence-electron chi connectivity index (χ3n) is 4.84. The molecule has 26 heavy (non-hydrogen) atoms. The van der Waals surface area contributed by atoms with Gasteiger partial charge in [-0.15, -0.1) is 0 Å². The first kappa shape index (κ1) is 16.6. The van der Waals surface area contributed by atoms with Crippen molar-refractivity contribution >= 4 is 10.9 Å². The predicted molar refractivity (Wildman–Crippen MR) is 109 cm³/mol. The zero-order valence-electron chi connectivity index (χ0n) is 14.8. The van der Waals surface area contributed by atoms with E-state index in [1.807, 2.05) is 18.5 Å². The van der Waals surface area contributed by atoms with Gasteiger partial charge in [-0.1, -0.05) is 36.4 Å². The highest BCUT2D eigenvalue weighted by atomic mass is 14.7. The molecule has 3 N–H and O–H groups in total. The molecule has 4 rings (SSSR count). The van der Waals surface area contributed by atoms with E-state index in [2.05, 4.69) is 64.6 Å². The van der Waals surface area contributed by atoms with Crippen molar-refractivity contribution in [3.63, 3.8) is 0 Å². The molecule has 3 heteroatoms. The highest BCUT2D eigenvalue weighted by molar-refractivity contribution is 5.93. The van der Waals surface area contributed by atoms with Gasteiger partial charge in [0.25, 0.3) is 0 Å². The first-order chi connectivity index (χ1) is 12.9. The van der Waals surface area contributed by atoms with Crippen molar-refractivity contribution in [2.24, 2.45) is 5.73 Å². The lowest BCUT2D eigenvalue weighted by Gasteiger charge is -2.06. The number of pyridine rings is 1. The van der Waals surface area contributed by atoms with Crippen molar-refractivity contribution in [3.8, 4) is 22.4 Å². The molecule has 0 aliphatic rings. The van der Waals surface area contributed by atoms with Gasteiger partial charge in [-0.05, 0) is 66.8 Å². The number of benzene rings is 2. The molecule has 130 valence electrons. The van der Waals surface area contributed by atoms with Crippen LogP contribution in [0, 0.1) is 0 Å². The van der Waals surface area contributed by atoms with Gasteiger partial charge in [-0.3, -0.25) is 4.98 Å². The van der Waals surface area contributed by atoms with E-state index in [0.717, 1.165) is 31.4 Å². The van der Waals surface area contributed by atoms with Gasteiger partial charge in [0.1, 0.15) is 0 Å². The number of nitrogens with one attached hydrogen (secondary N) is 1. The topological polar surface area (TPSA) is 54.7 Å². The molecule has 0 aliphatic carbocycles. The van der Waals surface area contributed by atoms with Gasteiger partial charge in [-0.2, -0.15) is 0 Å². The molecule has 0 fully saturated rings. The van der Waals surface area contributed by atoms with E-state index < -0.39 is 0 Å². The van der Waals surface area contributed by atoms with E-state index >= 15 is 0 Å². The number of fused-ring (bicyclic) bond motifs is 1. The molecule has 0 bridgehead atoms. The summed E-state index contributed by atoms with van der Waals surface area (Å²) >= 11 is 0. The third-order valence-corrected chi connectivity index (χ3v) is 4.84. The standard InChI is InChI=1S/C23H23N3/c24-13-5-4-10-20-21-15-18(17-7-2-1-3-8-17)11-12-22(21)26-23(20)19-9-6-14-25-16-19/h1-3,6-9,11-12,14-16,26H,4-5,10,13,24H2. The summed E-state index contributed by atoms with van der Waals surface area (Å²) in [6, 6.07) is 21.3. The molecule has 2 aromatic carbocycles. The van der Waals surface area contributed by atoms with Crippen LogP contribution in [0.4, 0.5) is 0 Å². The maximum atomic E-state index is 5.71. The maximum absolute atomic E-state index is 5.71. The van der Waals surface area contributed by atoms with Crippen LogP contribution >= 0.6 is 0 Å². The van der Waals surface area contributed by atoms with Crippen LogP contribution in [0.1, 0.15) is 18.4 Å². The lowest BCUT2D eigenvalue weighted by molar-refractivity contribution is 0.748. The second-order valence-corrected chi connectivity index (χ2v) is 6.59. The van der Waals surface area contributed by atoms with Crippen LogP contribution < -0.4 is 5.73 Å². The highest BCUT2D eigenvalue weighted by Crippen LogP contribution is 2.34. The largest absolute Gasteiger partial charge is 0.354 e. The molecule has 4 aromatic rings. The van der Waals surface area contributed by atoms with E-state index in [4.69, 9.17) is 5.73 Å². The number of unbranched alkanes of at least 4 members (excludes halogenated alkanes) is 1. The Morgan fingerprint density at radius 3 is 2.46 bits per heavy atom. The second kappa shape index (κ2) is 7.54. The first-order valence-electron chi connectivity index (χ1n) is 9.17. The number of nitrogens with two attached hydrogens (primary N) is 1. The molecule has 0 saturated heterocycles. The maximum Gasteiger partial charge on any atom is 0.0512 e. The van der Waals surface area contributed by atoms with E-state index in [0.29, 0.717) is 0 Å². The SMILES string of the molecule is NCCCCc1c(-c2cccnc2)[nH]c2ccc(-c3ccccc3)cc12. The van der Waals surface area contributed by atoms with Crippen molar-refractivity contribution in [2.75, 3.05) is 6.54 Å². The van der Waals surface area contributed by atoms with Gasteiger partial charge < -0.3 is 10.7 Å². The average Bonchev–Trinajstić information content (AvgIpc) is 3.07. The third kappa shape index (κ3) is 3.26. The molecule has 2 aromatic heterocycles. The zero-order valence-corrected chi connectivity index (χ0v) is 14.8. The smallest absolute Gasteiger partial charge is 0.0512 e. The van der Waals surface area contributed by atoms with Crippen molar-refractivity contribution in [1.29, 1.82) is 0 Å².